The highest BCUT2D eigenvalue weighted by molar-refractivity contribution is 5.75. The number of carbonyl (C=O) groups excluding carboxylic acids is 1. The minimum Gasteiger partial charge on any atom is -0.508 e. The van der Waals surface area contributed by atoms with Crippen LogP contribution in [0.25, 0.3) is 0 Å². The largest absolute Gasteiger partial charge is 0.508 e. The van der Waals surface area contributed by atoms with Gasteiger partial charge in [-0.25, -0.2) is 4.79 Å². The molecule has 3 N–H and O–H groups in total. The van der Waals surface area contributed by atoms with Crippen LogP contribution < -0.4 is 16.2 Å². The van der Waals surface area contributed by atoms with Crippen molar-refractivity contribution in [3.63, 3.8) is 0 Å². The van der Waals surface area contributed by atoms with E-state index in [1.54, 1.807) is 43.1 Å². The Bertz CT molecular complexity index is 1050. The molecule has 2 aliphatic rings. The zero-order valence-corrected chi connectivity index (χ0v) is 20.1. The molecule has 1 aromatic carbocycles. The molecule has 1 aliphatic heterocycles. The summed E-state index contributed by atoms with van der Waals surface area (Å²) in [6, 6.07) is 9.30. The number of pyridine rings is 1. The maximum Gasteiger partial charge on any atom is 0.318 e. The summed E-state index contributed by atoms with van der Waals surface area (Å²) in [5.41, 5.74) is 2.91. The molecule has 0 spiro atoms. The average Bonchev–Trinajstić information content (AvgIpc) is 3.65. The van der Waals surface area contributed by atoms with E-state index in [0.717, 1.165) is 55.3 Å². The van der Waals surface area contributed by atoms with E-state index >= 15 is 0 Å². The van der Waals surface area contributed by atoms with Gasteiger partial charge in [0.25, 0.3) is 5.56 Å². The van der Waals surface area contributed by atoms with Crippen LogP contribution in [-0.2, 0) is 24.8 Å². The van der Waals surface area contributed by atoms with Crippen LogP contribution in [0.3, 0.4) is 0 Å². The predicted molar refractivity (Wildman–Crippen MR) is 131 cm³/mol. The highest BCUT2D eigenvalue weighted by Gasteiger charge is 2.35. The topological polar surface area (TPSA) is 95.8 Å². The summed E-state index contributed by atoms with van der Waals surface area (Å²) in [6.45, 7) is 2.65. The normalized spacial score (nSPS) is 20.2. The number of aromatic nitrogens is 1. The summed E-state index contributed by atoms with van der Waals surface area (Å²) in [5, 5.41) is 16.9. The van der Waals surface area contributed by atoms with E-state index in [2.05, 4.69) is 16.7 Å². The number of hydrogen-bond donors (Lipinski definition) is 3. The average molecular weight is 469 g/mol. The van der Waals surface area contributed by atoms with Crippen molar-refractivity contribution in [3.05, 3.63) is 63.6 Å². The molecule has 0 radical (unpaired) electrons. The Balaban J connectivity index is 1.46. The van der Waals surface area contributed by atoms with Gasteiger partial charge < -0.3 is 29.9 Å². The number of ether oxygens (including phenoxy) is 1. The first-order chi connectivity index (χ1) is 16.4. The number of rotatable bonds is 9. The Labute approximate surface area is 200 Å². The van der Waals surface area contributed by atoms with Crippen LogP contribution in [0, 0.1) is 0 Å². The quantitative estimate of drug-likeness (QED) is 0.492. The van der Waals surface area contributed by atoms with Crippen molar-refractivity contribution in [1.29, 1.82) is 0 Å². The van der Waals surface area contributed by atoms with E-state index in [1.165, 1.54) is 0 Å². The molecule has 0 unspecified atom stereocenters. The zero-order valence-electron chi connectivity index (χ0n) is 20.1. The third-order valence-electron chi connectivity index (χ3n) is 6.80. The lowest BCUT2D eigenvalue weighted by atomic mass is 9.86. The van der Waals surface area contributed by atoms with Gasteiger partial charge in [0, 0.05) is 64.1 Å². The van der Waals surface area contributed by atoms with Crippen LogP contribution >= 0.6 is 0 Å². The summed E-state index contributed by atoms with van der Waals surface area (Å²) in [6.07, 6.45) is 6.34. The smallest absolute Gasteiger partial charge is 0.318 e. The van der Waals surface area contributed by atoms with Gasteiger partial charge in [0.05, 0.1) is 0 Å². The van der Waals surface area contributed by atoms with Crippen LogP contribution in [0.1, 0.15) is 48.3 Å². The van der Waals surface area contributed by atoms with Crippen LogP contribution in [-0.4, -0.2) is 59.5 Å². The Hall–Kier alpha value is -2.84. The number of phenolic OH excluding ortho intramolecular Hbond substituents is 1. The van der Waals surface area contributed by atoms with E-state index in [9.17, 15) is 14.7 Å². The second-order valence-electron chi connectivity index (χ2n) is 9.53. The lowest BCUT2D eigenvalue weighted by molar-refractivity contribution is 0.182. The van der Waals surface area contributed by atoms with E-state index < -0.39 is 0 Å². The number of piperidine rings is 1. The number of aromatic hydroxyl groups is 1. The van der Waals surface area contributed by atoms with E-state index in [4.69, 9.17) is 4.74 Å². The summed E-state index contributed by atoms with van der Waals surface area (Å²) < 4.78 is 6.70. The van der Waals surface area contributed by atoms with Gasteiger partial charge in [-0.1, -0.05) is 6.07 Å². The van der Waals surface area contributed by atoms with Gasteiger partial charge in [-0.2, -0.15) is 0 Å². The van der Waals surface area contributed by atoms with Gasteiger partial charge in [-0.3, -0.25) is 4.79 Å². The van der Waals surface area contributed by atoms with Crippen LogP contribution in [0.4, 0.5) is 4.79 Å². The molecular formula is C26H36N4O4. The number of nitrogens with one attached hydrogen (secondary N) is 2. The third-order valence-corrected chi connectivity index (χ3v) is 6.80. The molecule has 2 aromatic rings. The molecule has 1 saturated heterocycles. The van der Waals surface area contributed by atoms with Crippen molar-refractivity contribution in [2.45, 2.75) is 56.7 Å². The first-order valence-corrected chi connectivity index (χ1v) is 12.2. The number of methoxy groups -OCH3 is 1. The Kier molecular flexibility index (Phi) is 7.90. The molecule has 34 heavy (non-hydrogen) atoms. The fourth-order valence-electron chi connectivity index (χ4n) is 4.79. The summed E-state index contributed by atoms with van der Waals surface area (Å²) in [5.74, 6) is 0.316. The number of aryl methyl sites for hydroxylation is 2. The second kappa shape index (κ2) is 11.1. The highest BCUT2D eigenvalue weighted by Crippen LogP contribution is 2.31. The molecular weight excluding hydrogens is 432 g/mol. The molecule has 2 atom stereocenters. The molecule has 2 fully saturated rings. The summed E-state index contributed by atoms with van der Waals surface area (Å²) in [7, 11) is 3.43. The van der Waals surface area contributed by atoms with Crippen LogP contribution in [0.2, 0.25) is 0 Å². The van der Waals surface area contributed by atoms with Gasteiger partial charge >= 0.3 is 6.03 Å². The van der Waals surface area contributed by atoms with E-state index in [1.807, 2.05) is 11.0 Å². The number of carbonyl (C=O) groups is 1. The molecule has 8 heteroatoms. The Morgan fingerprint density at radius 1 is 1.24 bits per heavy atom. The molecule has 2 heterocycles. The number of benzene rings is 1. The molecule has 8 nitrogen and oxygen atoms in total. The third kappa shape index (κ3) is 6.18. The standard InChI is InChI=1S/C26H36N4O4/c1-29-10-8-20(15-25(29)32)23-7-9-27-16-24(23)28-26(33)30(21-5-6-21)17-19-12-18(4-3-11-34-2)13-22(31)14-19/h8,10,12-15,21,23-24,27,31H,3-7,9,11,16-17H2,1-2H3,(H,28,33)/t23-,24+/m0/s1. The first kappa shape index (κ1) is 24.3. The molecule has 1 aliphatic carbocycles. The number of amides is 2. The summed E-state index contributed by atoms with van der Waals surface area (Å²) in [4.78, 5) is 27.5. The minimum atomic E-state index is -0.0941. The summed E-state index contributed by atoms with van der Waals surface area (Å²) >= 11 is 0. The van der Waals surface area contributed by atoms with E-state index in [0.29, 0.717) is 19.7 Å². The molecule has 1 saturated carbocycles. The number of nitrogens with zero attached hydrogens (tertiary/aromatic N) is 2. The van der Waals surface area contributed by atoms with Gasteiger partial charge in [0.15, 0.2) is 0 Å². The van der Waals surface area contributed by atoms with Crippen molar-refractivity contribution < 1.29 is 14.6 Å². The van der Waals surface area contributed by atoms with E-state index in [-0.39, 0.29) is 35.3 Å². The molecule has 2 amide bonds. The predicted octanol–water partition coefficient (Wildman–Crippen LogP) is 2.49. The van der Waals surface area contributed by atoms with Crippen LogP contribution in [0.15, 0.2) is 41.3 Å². The van der Waals surface area contributed by atoms with Gasteiger partial charge in [-0.15, -0.1) is 0 Å². The lowest BCUT2D eigenvalue weighted by Gasteiger charge is -2.35. The molecule has 4 rings (SSSR count). The fourth-order valence-corrected chi connectivity index (χ4v) is 4.79. The minimum absolute atomic E-state index is 0.0362. The molecule has 1 aromatic heterocycles. The number of hydrogen-bond acceptors (Lipinski definition) is 5. The van der Waals surface area contributed by atoms with Crippen molar-refractivity contribution in [2.24, 2.45) is 7.05 Å². The van der Waals surface area contributed by atoms with Crippen molar-refractivity contribution in [3.8, 4) is 5.75 Å². The molecule has 184 valence electrons. The SMILES string of the molecule is COCCCc1cc(O)cc(CN(C(=O)N[C@@H]2CNCC[C@H]2c2ccn(C)c(=O)c2)C2CC2)c1. The lowest BCUT2D eigenvalue weighted by Crippen LogP contribution is -2.53. The zero-order chi connectivity index (χ0) is 24.1. The molecule has 0 bridgehead atoms. The fraction of sp³-hybridized carbons (Fsp3) is 0.538. The van der Waals surface area contributed by atoms with Gasteiger partial charge in [0.2, 0.25) is 0 Å². The Morgan fingerprint density at radius 3 is 2.76 bits per heavy atom. The second-order valence-corrected chi connectivity index (χ2v) is 9.53. The number of phenols is 1. The van der Waals surface area contributed by atoms with Gasteiger partial charge in [0.1, 0.15) is 5.75 Å². The monoisotopic (exact) mass is 468 g/mol. The van der Waals surface area contributed by atoms with Crippen molar-refractivity contribution >= 4 is 6.03 Å². The Morgan fingerprint density at radius 2 is 2.03 bits per heavy atom. The van der Waals surface area contributed by atoms with Gasteiger partial charge in [-0.05, 0) is 73.5 Å². The van der Waals surface area contributed by atoms with Crippen molar-refractivity contribution in [2.75, 3.05) is 26.8 Å². The highest BCUT2D eigenvalue weighted by atomic mass is 16.5. The maximum atomic E-state index is 13.4. The number of urea groups is 1. The van der Waals surface area contributed by atoms with Crippen LogP contribution in [0.5, 0.6) is 5.75 Å². The maximum absolute atomic E-state index is 13.4. The first-order valence-electron chi connectivity index (χ1n) is 12.2. The van der Waals surface area contributed by atoms with Crippen molar-refractivity contribution in [1.82, 2.24) is 20.1 Å².